The molecule has 1 atom stereocenters. The highest BCUT2D eigenvalue weighted by Gasteiger charge is 2.13. The molecule has 1 aromatic carbocycles. The monoisotopic (exact) mass is 239 g/mol. The Morgan fingerprint density at radius 2 is 1.59 bits per heavy atom. The fourth-order valence-corrected chi connectivity index (χ4v) is 1.67. The Balaban J connectivity index is 3.00. The van der Waals surface area contributed by atoms with Gasteiger partial charge < -0.3 is 19.9 Å². The standard InChI is InChI=1S/C13H21NO3/c1-9(14)5-6-10-7-11(15-2)13(17-4)12(8-10)16-3/h7-9H,5-6,14H2,1-4H3. The smallest absolute Gasteiger partial charge is 0.203 e. The third-order valence-corrected chi connectivity index (χ3v) is 2.61. The van der Waals surface area contributed by atoms with Gasteiger partial charge >= 0.3 is 0 Å². The molecule has 0 aliphatic heterocycles. The van der Waals surface area contributed by atoms with Gasteiger partial charge in [0.05, 0.1) is 21.3 Å². The molecule has 0 aliphatic rings. The minimum Gasteiger partial charge on any atom is -0.493 e. The first-order valence-electron chi connectivity index (χ1n) is 5.66. The topological polar surface area (TPSA) is 53.7 Å². The molecule has 0 saturated heterocycles. The van der Waals surface area contributed by atoms with Gasteiger partial charge in [-0.15, -0.1) is 0 Å². The second-order valence-electron chi connectivity index (χ2n) is 4.05. The van der Waals surface area contributed by atoms with Gasteiger partial charge in [-0.1, -0.05) is 0 Å². The zero-order chi connectivity index (χ0) is 12.8. The maximum absolute atomic E-state index is 5.75. The van der Waals surface area contributed by atoms with Crippen molar-refractivity contribution in [2.45, 2.75) is 25.8 Å². The summed E-state index contributed by atoms with van der Waals surface area (Å²) in [6.07, 6.45) is 1.83. The Morgan fingerprint density at radius 1 is 1.06 bits per heavy atom. The molecule has 1 aromatic rings. The normalized spacial score (nSPS) is 12.1. The highest BCUT2D eigenvalue weighted by Crippen LogP contribution is 2.38. The van der Waals surface area contributed by atoms with Gasteiger partial charge in [-0.2, -0.15) is 0 Å². The summed E-state index contributed by atoms with van der Waals surface area (Å²) >= 11 is 0. The lowest BCUT2D eigenvalue weighted by Crippen LogP contribution is -2.15. The lowest BCUT2D eigenvalue weighted by Gasteiger charge is -2.14. The second-order valence-corrected chi connectivity index (χ2v) is 4.05. The molecule has 2 N–H and O–H groups in total. The average molecular weight is 239 g/mol. The molecule has 0 spiro atoms. The van der Waals surface area contributed by atoms with Crippen LogP contribution in [0.2, 0.25) is 0 Å². The van der Waals surface area contributed by atoms with E-state index in [0.29, 0.717) is 17.2 Å². The number of hydrogen-bond donors (Lipinski definition) is 1. The van der Waals surface area contributed by atoms with Gasteiger partial charge in [0.15, 0.2) is 11.5 Å². The third kappa shape index (κ3) is 3.53. The van der Waals surface area contributed by atoms with Gasteiger partial charge in [0, 0.05) is 6.04 Å². The van der Waals surface area contributed by atoms with Crippen LogP contribution in [0.3, 0.4) is 0 Å². The van der Waals surface area contributed by atoms with Crippen molar-refractivity contribution in [2.75, 3.05) is 21.3 Å². The van der Waals surface area contributed by atoms with Crippen LogP contribution in [0.25, 0.3) is 0 Å². The van der Waals surface area contributed by atoms with Crippen molar-refractivity contribution < 1.29 is 14.2 Å². The van der Waals surface area contributed by atoms with Gasteiger partial charge in [0.2, 0.25) is 5.75 Å². The largest absolute Gasteiger partial charge is 0.493 e. The van der Waals surface area contributed by atoms with E-state index in [1.54, 1.807) is 21.3 Å². The summed E-state index contributed by atoms with van der Waals surface area (Å²) in [5.41, 5.74) is 6.89. The highest BCUT2D eigenvalue weighted by atomic mass is 16.5. The van der Waals surface area contributed by atoms with Gasteiger partial charge in [-0.3, -0.25) is 0 Å². The predicted octanol–water partition coefficient (Wildman–Crippen LogP) is 1.99. The summed E-state index contributed by atoms with van der Waals surface area (Å²) in [5.74, 6) is 2.00. The van der Waals surface area contributed by atoms with Crippen LogP contribution in [0.4, 0.5) is 0 Å². The van der Waals surface area contributed by atoms with Crippen molar-refractivity contribution in [1.82, 2.24) is 0 Å². The number of ether oxygens (including phenoxy) is 3. The lowest BCUT2D eigenvalue weighted by molar-refractivity contribution is 0.323. The van der Waals surface area contributed by atoms with E-state index >= 15 is 0 Å². The van der Waals surface area contributed by atoms with Crippen LogP contribution < -0.4 is 19.9 Å². The van der Waals surface area contributed by atoms with Crippen LogP contribution in [0.5, 0.6) is 17.2 Å². The van der Waals surface area contributed by atoms with Crippen LogP contribution >= 0.6 is 0 Å². The van der Waals surface area contributed by atoms with Crippen molar-refractivity contribution in [1.29, 1.82) is 0 Å². The third-order valence-electron chi connectivity index (χ3n) is 2.61. The fraction of sp³-hybridized carbons (Fsp3) is 0.538. The van der Waals surface area contributed by atoms with E-state index in [-0.39, 0.29) is 6.04 Å². The molecule has 4 heteroatoms. The molecule has 4 nitrogen and oxygen atoms in total. The number of aryl methyl sites for hydroxylation is 1. The van der Waals surface area contributed by atoms with E-state index in [9.17, 15) is 0 Å². The maximum atomic E-state index is 5.75. The Morgan fingerprint density at radius 3 is 1.94 bits per heavy atom. The Hall–Kier alpha value is -1.42. The lowest BCUT2D eigenvalue weighted by atomic mass is 10.1. The molecule has 0 radical (unpaired) electrons. The molecule has 1 unspecified atom stereocenters. The summed E-state index contributed by atoms with van der Waals surface area (Å²) in [5, 5.41) is 0. The Bertz CT molecular complexity index is 339. The number of nitrogens with two attached hydrogens (primary N) is 1. The van der Waals surface area contributed by atoms with Crippen molar-refractivity contribution in [3.05, 3.63) is 17.7 Å². The summed E-state index contributed by atoms with van der Waals surface area (Å²) in [6, 6.07) is 4.11. The number of methoxy groups -OCH3 is 3. The minimum absolute atomic E-state index is 0.189. The maximum Gasteiger partial charge on any atom is 0.203 e. The van der Waals surface area contributed by atoms with Crippen molar-refractivity contribution >= 4 is 0 Å². The first-order valence-corrected chi connectivity index (χ1v) is 5.66. The average Bonchev–Trinajstić information content (AvgIpc) is 2.34. The van der Waals surface area contributed by atoms with E-state index in [1.165, 1.54) is 0 Å². The number of hydrogen-bond acceptors (Lipinski definition) is 4. The van der Waals surface area contributed by atoms with Gasteiger partial charge in [-0.05, 0) is 37.5 Å². The van der Waals surface area contributed by atoms with Crippen LogP contribution in [0.1, 0.15) is 18.9 Å². The number of rotatable bonds is 6. The molecule has 1 rings (SSSR count). The highest BCUT2D eigenvalue weighted by molar-refractivity contribution is 5.53. The summed E-state index contributed by atoms with van der Waals surface area (Å²) in [4.78, 5) is 0. The summed E-state index contributed by atoms with van der Waals surface area (Å²) in [7, 11) is 4.83. The fourth-order valence-electron chi connectivity index (χ4n) is 1.67. The summed E-state index contributed by atoms with van der Waals surface area (Å²) in [6.45, 7) is 2.00. The van der Waals surface area contributed by atoms with Gasteiger partial charge in [-0.25, -0.2) is 0 Å². The van der Waals surface area contributed by atoms with Gasteiger partial charge in [0.25, 0.3) is 0 Å². The van der Waals surface area contributed by atoms with Crippen LogP contribution in [-0.4, -0.2) is 27.4 Å². The van der Waals surface area contributed by atoms with E-state index in [4.69, 9.17) is 19.9 Å². The van der Waals surface area contributed by atoms with E-state index in [2.05, 4.69) is 0 Å². The van der Waals surface area contributed by atoms with Crippen molar-refractivity contribution in [3.8, 4) is 17.2 Å². The molecule has 17 heavy (non-hydrogen) atoms. The molecule has 0 amide bonds. The SMILES string of the molecule is COc1cc(CCC(C)N)cc(OC)c1OC. The molecule has 0 aliphatic carbocycles. The minimum atomic E-state index is 0.189. The molecular formula is C13H21NO3. The zero-order valence-corrected chi connectivity index (χ0v) is 10.9. The second kappa shape index (κ2) is 6.35. The quantitative estimate of drug-likeness (QED) is 0.825. The molecule has 0 fully saturated rings. The number of benzene rings is 1. The Kier molecular flexibility index (Phi) is 5.10. The first kappa shape index (κ1) is 13.6. The van der Waals surface area contributed by atoms with E-state index < -0.39 is 0 Å². The van der Waals surface area contributed by atoms with Gasteiger partial charge in [0.1, 0.15) is 0 Å². The van der Waals surface area contributed by atoms with Crippen LogP contribution in [0.15, 0.2) is 12.1 Å². The molecule has 0 heterocycles. The Labute approximate surface area is 103 Å². The molecule has 0 saturated carbocycles. The predicted molar refractivity (Wildman–Crippen MR) is 68.1 cm³/mol. The molecule has 0 bridgehead atoms. The van der Waals surface area contributed by atoms with E-state index in [1.807, 2.05) is 19.1 Å². The van der Waals surface area contributed by atoms with Crippen molar-refractivity contribution in [3.63, 3.8) is 0 Å². The first-order chi connectivity index (χ1) is 8.12. The van der Waals surface area contributed by atoms with Crippen LogP contribution in [-0.2, 0) is 6.42 Å². The van der Waals surface area contributed by atoms with Crippen LogP contribution in [0, 0.1) is 0 Å². The van der Waals surface area contributed by atoms with E-state index in [0.717, 1.165) is 18.4 Å². The zero-order valence-electron chi connectivity index (χ0n) is 10.9. The summed E-state index contributed by atoms with van der Waals surface area (Å²) < 4.78 is 15.8. The molecule has 0 aromatic heterocycles. The molecular weight excluding hydrogens is 218 g/mol. The molecule has 96 valence electrons. The van der Waals surface area contributed by atoms with Crippen molar-refractivity contribution in [2.24, 2.45) is 5.73 Å².